The number of hydrogen-bond acceptors (Lipinski definition) is 6. The largest absolute Gasteiger partial charge is 0.465 e. The Bertz CT molecular complexity index is 893. The minimum absolute atomic E-state index is 0.0203. The predicted octanol–water partition coefficient (Wildman–Crippen LogP) is 3.81. The molecule has 5 nitrogen and oxygen atoms in total. The van der Waals surface area contributed by atoms with E-state index in [4.69, 9.17) is 9.72 Å². The van der Waals surface area contributed by atoms with Gasteiger partial charge in [0.25, 0.3) is 0 Å². The molecule has 4 rings (SSSR count). The lowest BCUT2D eigenvalue weighted by Crippen LogP contribution is -2.35. The number of Topliss-reactive ketones (excluding diaryl/α,β-unsaturated/α-hetero) is 2. The number of ether oxygens (including phenoxy) is 1. The fourth-order valence-corrected chi connectivity index (χ4v) is 5.26. The second-order valence-corrected chi connectivity index (χ2v) is 8.28. The number of hydrogen-bond donors (Lipinski definition) is 0. The smallest absolute Gasteiger partial charge is 0.337 e. The van der Waals surface area contributed by atoms with Crippen LogP contribution in [0.3, 0.4) is 0 Å². The van der Waals surface area contributed by atoms with E-state index < -0.39 is 5.92 Å². The van der Waals surface area contributed by atoms with Gasteiger partial charge in [-0.2, -0.15) is 0 Å². The summed E-state index contributed by atoms with van der Waals surface area (Å²) in [6, 6.07) is 7.04. The van der Waals surface area contributed by atoms with Crippen LogP contribution >= 0.6 is 11.3 Å². The summed E-state index contributed by atoms with van der Waals surface area (Å²) in [5.74, 6) is -0.920. The second kappa shape index (κ2) is 7.00. The first-order chi connectivity index (χ1) is 13.0. The molecule has 6 heteroatoms. The molecule has 2 bridgehead atoms. The number of nitrogens with zero attached hydrogens (tertiary/aromatic N) is 1. The highest BCUT2D eigenvalue weighted by molar-refractivity contribution is 7.15. The summed E-state index contributed by atoms with van der Waals surface area (Å²) >= 11 is 1.52. The Hall–Kier alpha value is -2.34. The number of aryl methyl sites for hydroxylation is 1. The van der Waals surface area contributed by atoms with Crippen molar-refractivity contribution >= 4 is 28.9 Å². The fraction of sp³-hybridized carbons (Fsp3) is 0.429. The van der Waals surface area contributed by atoms with E-state index in [2.05, 4.69) is 0 Å². The number of methoxy groups -OCH3 is 1. The van der Waals surface area contributed by atoms with Crippen molar-refractivity contribution < 1.29 is 19.1 Å². The van der Waals surface area contributed by atoms with E-state index in [0.717, 1.165) is 41.1 Å². The monoisotopic (exact) mass is 383 g/mol. The maximum absolute atomic E-state index is 12.9. The normalized spacial score (nSPS) is 24.3. The van der Waals surface area contributed by atoms with Crippen LogP contribution in [0.4, 0.5) is 0 Å². The minimum Gasteiger partial charge on any atom is -0.465 e. The van der Waals surface area contributed by atoms with Crippen molar-refractivity contribution in [3.8, 4) is 10.6 Å². The molecule has 2 fully saturated rings. The van der Waals surface area contributed by atoms with E-state index in [-0.39, 0.29) is 29.4 Å². The van der Waals surface area contributed by atoms with Crippen molar-refractivity contribution in [2.24, 2.45) is 11.8 Å². The van der Waals surface area contributed by atoms with Gasteiger partial charge in [0.1, 0.15) is 10.9 Å². The van der Waals surface area contributed by atoms with E-state index in [9.17, 15) is 14.4 Å². The number of thiazole rings is 1. The lowest BCUT2D eigenvalue weighted by atomic mass is 9.77. The highest BCUT2D eigenvalue weighted by Crippen LogP contribution is 2.45. The van der Waals surface area contributed by atoms with Gasteiger partial charge < -0.3 is 4.74 Å². The number of fused-ring (bicyclic) bond motifs is 2. The maximum Gasteiger partial charge on any atom is 0.337 e. The number of esters is 1. The number of benzene rings is 1. The Kier molecular flexibility index (Phi) is 4.68. The molecule has 2 aliphatic rings. The highest BCUT2D eigenvalue weighted by Gasteiger charge is 2.48. The molecule has 2 saturated carbocycles. The van der Waals surface area contributed by atoms with Gasteiger partial charge in [-0.15, -0.1) is 11.3 Å². The molecule has 0 aliphatic heterocycles. The summed E-state index contributed by atoms with van der Waals surface area (Å²) in [5.41, 5.74) is 2.00. The Labute approximate surface area is 161 Å². The van der Waals surface area contributed by atoms with Crippen LogP contribution in [-0.4, -0.2) is 29.6 Å². The molecule has 140 valence electrons. The topological polar surface area (TPSA) is 73.3 Å². The van der Waals surface area contributed by atoms with E-state index in [1.54, 1.807) is 12.1 Å². The Morgan fingerprint density at radius 3 is 2.33 bits per heavy atom. The van der Waals surface area contributed by atoms with Gasteiger partial charge in [-0.1, -0.05) is 19.1 Å². The Balaban J connectivity index is 1.70. The third-order valence-electron chi connectivity index (χ3n) is 5.68. The standard InChI is InChI=1S/C21H21NO4S/c1-3-15-17(16-18(23)13-8-9-14(10-13)19(16)24)22-20(27-15)11-4-6-12(7-5-11)21(25)26-2/h4-7,13-14,16H,3,8-10H2,1-2H3/t13-,14+,16?. The van der Waals surface area contributed by atoms with Gasteiger partial charge in [-0.3, -0.25) is 9.59 Å². The molecule has 2 aromatic rings. The molecule has 0 saturated heterocycles. The van der Waals surface area contributed by atoms with Crippen LogP contribution in [0.2, 0.25) is 0 Å². The van der Waals surface area contributed by atoms with E-state index in [1.807, 2.05) is 19.1 Å². The Morgan fingerprint density at radius 1 is 1.15 bits per heavy atom. The summed E-state index contributed by atoms with van der Waals surface area (Å²) in [6.45, 7) is 2.02. The van der Waals surface area contributed by atoms with Crippen molar-refractivity contribution in [3.05, 3.63) is 40.4 Å². The van der Waals surface area contributed by atoms with Gasteiger partial charge in [-0.05, 0) is 37.8 Å². The lowest BCUT2D eigenvalue weighted by molar-refractivity contribution is -0.136. The second-order valence-electron chi connectivity index (χ2n) is 7.19. The number of carbonyl (C=O) groups excluding carboxylic acids is 3. The third-order valence-corrected chi connectivity index (χ3v) is 6.95. The first-order valence-corrected chi connectivity index (χ1v) is 10.1. The van der Waals surface area contributed by atoms with Gasteiger partial charge in [0.05, 0.1) is 18.4 Å². The quantitative estimate of drug-likeness (QED) is 0.593. The molecule has 1 unspecified atom stereocenters. The van der Waals surface area contributed by atoms with Crippen molar-refractivity contribution in [1.82, 2.24) is 4.98 Å². The zero-order valence-corrected chi connectivity index (χ0v) is 16.2. The van der Waals surface area contributed by atoms with Crippen molar-refractivity contribution in [2.45, 2.75) is 38.5 Å². The minimum atomic E-state index is -0.689. The number of carbonyl (C=O) groups is 3. The molecule has 2 aliphatic carbocycles. The van der Waals surface area contributed by atoms with Crippen LogP contribution in [0.15, 0.2) is 24.3 Å². The average Bonchev–Trinajstić information content (AvgIpc) is 3.32. The fourth-order valence-electron chi connectivity index (χ4n) is 4.21. The van der Waals surface area contributed by atoms with Crippen LogP contribution in [0.25, 0.3) is 10.6 Å². The summed E-state index contributed by atoms with van der Waals surface area (Å²) in [5, 5.41) is 0.775. The molecule has 27 heavy (non-hydrogen) atoms. The van der Waals surface area contributed by atoms with Gasteiger partial charge in [0, 0.05) is 22.3 Å². The van der Waals surface area contributed by atoms with E-state index in [0.29, 0.717) is 11.3 Å². The molecular formula is C21H21NO4S. The molecule has 1 aromatic carbocycles. The van der Waals surface area contributed by atoms with E-state index in [1.165, 1.54) is 18.4 Å². The zero-order valence-electron chi connectivity index (χ0n) is 15.4. The molecule has 1 aromatic heterocycles. The van der Waals surface area contributed by atoms with Crippen molar-refractivity contribution in [3.63, 3.8) is 0 Å². The molecule has 0 radical (unpaired) electrons. The van der Waals surface area contributed by atoms with Gasteiger partial charge in [0.15, 0.2) is 11.6 Å². The van der Waals surface area contributed by atoms with Crippen molar-refractivity contribution in [1.29, 1.82) is 0 Å². The van der Waals surface area contributed by atoms with Crippen LogP contribution in [-0.2, 0) is 20.7 Å². The molecule has 0 N–H and O–H groups in total. The Morgan fingerprint density at radius 2 is 1.78 bits per heavy atom. The zero-order chi connectivity index (χ0) is 19.1. The average molecular weight is 383 g/mol. The number of rotatable bonds is 4. The SMILES string of the molecule is CCc1sc(-c2ccc(C(=O)OC)cc2)nc1C1C(=O)[C@@H]2CC[C@@H](C2)C1=O. The molecule has 0 amide bonds. The van der Waals surface area contributed by atoms with Crippen LogP contribution in [0.5, 0.6) is 0 Å². The molecule has 0 spiro atoms. The summed E-state index contributed by atoms with van der Waals surface area (Å²) in [6.07, 6.45) is 3.12. The molecular weight excluding hydrogens is 362 g/mol. The third kappa shape index (κ3) is 3.02. The van der Waals surface area contributed by atoms with Gasteiger partial charge in [0.2, 0.25) is 0 Å². The van der Waals surface area contributed by atoms with E-state index >= 15 is 0 Å². The predicted molar refractivity (Wildman–Crippen MR) is 102 cm³/mol. The van der Waals surface area contributed by atoms with Gasteiger partial charge in [-0.25, -0.2) is 9.78 Å². The number of ketones is 2. The van der Waals surface area contributed by atoms with Gasteiger partial charge >= 0.3 is 5.97 Å². The van der Waals surface area contributed by atoms with Crippen molar-refractivity contribution in [2.75, 3.05) is 7.11 Å². The maximum atomic E-state index is 12.9. The number of aromatic nitrogens is 1. The van der Waals surface area contributed by atoms with Crippen LogP contribution in [0, 0.1) is 11.8 Å². The van der Waals surface area contributed by atoms with Crippen LogP contribution in [0.1, 0.15) is 53.0 Å². The summed E-state index contributed by atoms with van der Waals surface area (Å²) < 4.78 is 4.72. The molecule has 3 atom stereocenters. The first kappa shape index (κ1) is 18.0. The highest BCUT2D eigenvalue weighted by atomic mass is 32.1. The first-order valence-electron chi connectivity index (χ1n) is 9.29. The lowest BCUT2D eigenvalue weighted by Gasteiger charge is -2.24. The summed E-state index contributed by atoms with van der Waals surface area (Å²) in [7, 11) is 1.35. The van der Waals surface area contributed by atoms with Crippen LogP contribution < -0.4 is 0 Å². The molecule has 1 heterocycles. The summed E-state index contributed by atoms with van der Waals surface area (Å²) in [4.78, 5) is 43.0.